The fourth-order valence-corrected chi connectivity index (χ4v) is 4.38. The van der Waals surface area contributed by atoms with E-state index >= 15 is 0 Å². The lowest BCUT2D eigenvalue weighted by atomic mass is 9.74. The number of halogens is 1. The van der Waals surface area contributed by atoms with Crippen molar-refractivity contribution in [2.24, 2.45) is 0 Å². The van der Waals surface area contributed by atoms with Gasteiger partial charge in [0.2, 0.25) is 6.79 Å². The largest absolute Gasteiger partial charge is 0.506 e. The van der Waals surface area contributed by atoms with E-state index in [1.807, 2.05) is 25.1 Å². The fourth-order valence-electron chi connectivity index (χ4n) is 3.81. The molecule has 2 aliphatic rings. The summed E-state index contributed by atoms with van der Waals surface area (Å²) in [4.78, 5) is 12.8. The Kier molecular flexibility index (Phi) is 5.21. The number of hydrogen-bond acceptors (Lipinski definition) is 5. The molecule has 1 saturated heterocycles. The average Bonchev–Trinajstić information content (AvgIpc) is 3.17. The molecule has 0 saturated carbocycles. The van der Waals surface area contributed by atoms with E-state index in [2.05, 4.69) is 21.2 Å². The second-order valence-corrected chi connectivity index (χ2v) is 8.14. The van der Waals surface area contributed by atoms with E-state index in [9.17, 15) is 9.90 Å². The Morgan fingerprint density at radius 3 is 2.71 bits per heavy atom. The van der Waals surface area contributed by atoms with Crippen LogP contribution in [0.1, 0.15) is 34.3 Å². The van der Waals surface area contributed by atoms with Crippen LogP contribution in [0, 0.1) is 6.92 Å². The van der Waals surface area contributed by atoms with Crippen LogP contribution in [0.15, 0.2) is 34.8 Å². The number of carbonyl (C=O) groups is 1. The van der Waals surface area contributed by atoms with Crippen LogP contribution in [-0.2, 0) is 10.2 Å². The maximum atomic E-state index is 12.8. The molecule has 1 fully saturated rings. The SMILES string of the molecule is Cc1cc(Br)c(O)c(C(=O)NCC2(c3ccc4c(c3)OCO4)CCOCC2)c1. The third-order valence-corrected chi connectivity index (χ3v) is 6.08. The van der Waals surface area contributed by atoms with Gasteiger partial charge in [-0.3, -0.25) is 4.79 Å². The number of benzene rings is 2. The lowest BCUT2D eigenvalue weighted by Gasteiger charge is -2.38. The van der Waals surface area contributed by atoms with Crippen LogP contribution < -0.4 is 14.8 Å². The van der Waals surface area contributed by atoms with Crippen molar-refractivity contribution in [3.63, 3.8) is 0 Å². The van der Waals surface area contributed by atoms with E-state index in [-0.39, 0.29) is 29.4 Å². The highest BCUT2D eigenvalue weighted by atomic mass is 79.9. The molecule has 0 radical (unpaired) electrons. The Hall–Kier alpha value is -2.25. The molecule has 0 spiro atoms. The van der Waals surface area contributed by atoms with E-state index in [1.54, 1.807) is 12.1 Å². The van der Waals surface area contributed by atoms with Crippen molar-refractivity contribution in [2.45, 2.75) is 25.2 Å². The summed E-state index contributed by atoms with van der Waals surface area (Å²) < 4.78 is 17.0. The molecular weight excluding hydrogens is 426 g/mol. The smallest absolute Gasteiger partial charge is 0.255 e. The van der Waals surface area contributed by atoms with Crippen molar-refractivity contribution >= 4 is 21.8 Å². The molecule has 2 aliphatic heterocycles. The molecule has 2 aromatic rings. The molecule has 4 rings (SSSR count). The number of phenols is 1. The zero-order valence-electron chi connectivity index (χ0n) is 15.6. The van der Waals surface area contributed by atoms with E-state index in [1.165, 1.54) is 0 Å². The summed E-state index contributed by atoms with van der Waals surface area (Å²) in [5, 5.41) is 13.3. The zero-order valence-corrected chi connectivity index (χ0v) is 17.2. The maximum Gasteiger partial charge on any atom is 0.255 e. The van der Waals surface area contributed by atoms with Crippen molar-refractivity contribution in [2.75, 3.05) is 26.6 Å². The van der Waals surface area contributed by atoms with Gasteiger partial charge in [-0.2, -0.15) is 0 Å². The quantitative estimate of drug-likeness (QED) is 0.747. The Labute approximate surface area is 171 Å². The van der Waals surface area contributed by atoms with Crippen LogP contribution >= 0.6 is 15.9 Å². The first-order valence-corrected chi connectivity index (χ1v) is 10.0. The van der Waals surface area contributed by atoms with E-state index in [0.29, 0.717) is 24.2 Å². The second kappa shape index (κ2) is 7.64. The van der Waals surface area contributed by atoms with Crippen molar-refractivity contribution in [1.82, 2.24) is 5.32 Å². The predicted molar refractivity (Wildman–Crippen MR) is 107 cm³/mol. The summed E-state index contributed by atoms with van der Waals surface area (Å²) in [6.45, 7) is 3.82. The normalized spacial score (nSPS) is 17.4. The molecule has 2 N–H and O–H groups in total. The standard InChI is InChI=1S/C21H22BrNO5/c1-13-8-15(19(24)16(22)9-13)20(25)23-11-21(4-6-26-7-5-21)14-2-3-17-18(10-14)28-12-27-17/h2-3,8-10,24H,4-7,11-12H2,1H3,(H,23,25). The lowest BCUT2D eigenvalue weighted by molar-refractivity contribution is 0.0486. The summed E-state index contributed by atoms with van der Waals surface area (Å²) in [6, 6.07) is 9.41. The van der Waals surface area contributed by atoms with Gasteiger partial charge in [-0.05, 0) is 71.1 Å². The van der Waals surface area contributed by atoms with E-state index < -0.39 is 0 Å². The van der Waals surface area contributed by atoms with Crippen molar-refractivity contribution < 1.29 is 24.1 Å². The highest BCUT2D eigenvalue weighted by molar-refractivity contribution is 9.10. The minimum atomic E-state index is -0.298. The van der Waals surface area contributed by atoms with Gasteiger partial charge in [0.25, 0.3) is 5.91 Å². The highest BCUT2D eigenvalue weighted by Gasteiger charge is 2.36. The molecule has 7 heteroatoms. The minimum Gasteiger partial charge on any atom is -0.506 e. The third kappa shape index (κ3) is 3.56. The molecule has 0 aromatic heterocycles. The van der Waals surface area contributed by atoms with Gasteiger partial charge >= 0.3 is 0 Å². The Morgan fingerprint density at radius 2 is 1.93 bits per heavy atom. The van der Waals surface area contributed by atoms with Gasteiger partial charge in [-0.15, -0.1) is 0 Å². The molecule has 0 bridgehead atoms. The van der Waals surface area contributed by atoms with Gasteiger partial charge < -0.3 is 24.6 Å². The van der Waals surface area contributed by atoms with Crippen molar-refractivity contribution in [3.05, 3.63) is 51.5 Å². The highest BCUT2D eigenvalue weighted by Crippen LogP contribution is 2.40. The molecule has 2 aromatic carbocycles. The summed E-state index contributed by atoms with van der Waals surface area (Å²) in [5.41, 5.74) is 1.99. The van der Waals surface area contributed by atoms with Crippen LogP contribution in [0.2, 0.25) is 0 Å². The molecule has 148 valence electrons. The number of nitrogens with one attached hydrogen (secondary N) is 1. The number of aromatic hydroxyl groups is 1. The minimum absolute atomic E-state index is 0.0489. The molecular formula is C21H22BrNO5. The Balaban J connectivity index is 1.58. The first-order valence-electron chi connectivity index (χ1n) is 9.24. The average molecular weight is 448 g/mol. The van der Waals surface area contributed by atoms with E-state index in [0.717, 1.165) is 35.5 Å². The number of phenolic OH excluding ortho intramolecular Hbond substituents is 1. The summed E-state index contributed by atoms with van der Waals surface area (Å²) in [7, 11) is 0. The van der Waals surface area contributed by atoms with Gasteiger partial charge in [0.15, 0.2) is 11.5 Å². The van der Waals surface area contributed by atoms with Gasteiger partial charge in [-0.1, -0.05) is 6.07 Å². The molecule has 28 heavy (non-hydrogen) atoms. The van der Waals surface area contributed by atoms with Crippen LogP contribution in [0.4, 0.5) is 0 Å². The number of fused-ring (bicyclic) bond motifs is 1. The van der Waals surface area contributed by atoms with Gasteiger partial charge in [0, 0.05) is 25.2 Å². The number of hydrogen-bond donors (Lipinski definition) is 2. The van der Waals surface area contributed by atoms with E-state index in [4.69, 9.17) is 14.2 Å². The number of ether oxygens (including phenoxy) is 3. The number of aryl methyl sites for hydroxylation is 1. The second-order valence-electron chi connectivity index (χ2n) is 7.29. The lowest BCUT2D eigenvalue weighted by Crippen LogP contribution is -2.44. The summed E-state index contributed by atoms with van der Waals surface area (Å²) >= 11 is 3.30. The molecule has 0 unspecified atom stereocenters. The van der Waals surface area contributed by atoms with Gasteiger partial charge in [0.05, 0.1) is 10.0 Å². The molecule has 1 amide bonds. The zero-order chi connectivity index (χ0) is 19.7. The summed E-state index contributed by atoms with van der Waals surface area (Å²) in [5.74, 6) is 1.13. The number of carbonyl (C=O) groups excluding carboxylic acids is 1. The molecule has 2 heterocycles. The third-order valence-electron chi connectivity index (χ3n) is 5.47. The molecule has 0 atom stereocenters. The topological polar surface area (TPSA) is 77.0 Å². The predicted octanol–water partition coefficient (Wildman–Crippen LogP) is 3.67. The van der Waals surface area contributed by atoms with Crippen LogP contribution in [0.3, 0.4) is 0 Å². The van der Waals surface area contributed by atoms with Gasteiger partial charge in [0.1, 0.15) is 5.75 Å². The van der Waals surface area contributed by atoms with Crippen molar-refractivity contribution in [1.29, 1.82) is 0 Å². The monoisotopic (exact) mass is 447 g/mol. The van der Waals surface area contributed by atoms with Crippen molar-refractivity contribution in [3.8, 4) is 17.2 Å². The summed E-state index contributed by atoms with van der Waals surface area (Å²) in [6.07, 6.45) is 1.58. The Bertz CT molecular complexity index is 908. The first kappa shape index (κ1) is 19.1. The van der Waals surface area contributed by atoms with Gasteiger partial charge in [-0.25, -0.2) is 0 Å². The number of rotatable bonds is 4. The number of amides is 1. The maximum absolute atomic E-state index is 12.8. The first-order chi connectivity index (χ1) is 13.5. The van der Waals surface area contributed by atoms with Crippen LogP contribution in [0.5, 0.6) is 17.2 Å². The van der Waals surface area contributed by atoms with Crippen LogP contribution in [-0.4, -0.2) is 37.6 Å². The fraction of sp³-hybridized carbons (Fsp3) is 0.381. The molecule has 6 nitrogen and oxygen atoms in total. The Morgan fingerprint density at radius 1 is 1.18 bits per heavy atom. The van der Waals surface area contributed by atoms with Crippen LogP contribution in [0.25, 0.3) is 0 Å². The molecule has 0 aliphatic carbocycles.